The average Bonchev–Trinajstić information content (AvgIpc) is 3.19. The summed E-state index contributed by atoms with van der Waals surface area (Å²) < 4.78 is 4.75. The number of hydrogen-bond acceptors (Lipinski definition) is 7. The lowest BCUT2D eigenvalue weighted by molar-refractivity contribution is -0.147. The fourth-order valence-corrected chi connectivity index (χ4v) is 11.3. The molecule has 1 aromatic rings. The summed E-state index contributed by atoms with van der Waals surface area (Å²) in [5, 5.41) is 14.4. The van der Waals surface area contributed by atoms with Gasteiger partial charge in [-0.2, -0.15) is 0 Å². The van der Waals surface area contributed by atoms with Crippen LogP contribution in [0.5, 0.6) is 0 Å². The van der Waals surface area contributed by atoms with Crippen molar-refractivity contribution in [3.63, 3.8) is 0 Å². The molecule has 0 fully saturated rings. The van der Waals surface area contributed by atoms with E-state index in [2.05, 4.69) is 63.6 Å². The molecule has 0 unspecified atom stereocenters. The number of rotatable bonds is 13. The van der Waals surface area contributed by atoms with Gasteiger partial charge in [-0.1, -0.05) is 67.5 Å². The summed E-state index contributed by atoms with van der Waals surface area (Å²) in [6, 6.07) is 2.03. The second-order valence-electron chi connectivity index (χ2n) is 12.4. The van der Waals surface area contributed by atoms with Crippen LogP contribution in [0.1, 0.15) is 88.9 Å². The number of imide groups is 1. The zero-order chi connectivity index (χ0) is 33.5. The second-order valence-corrected chi connectivity index (χ2v) is 17.9. The van der Waals surface area contributed by atoms with E-state index in [0.29, 0.717) is 0 Å². The van der Waals surface area contributed by atoms with E-state index in [9.17, 15) is 33.9 Å². The van der Waals surface area contributed by atoms with Gasteiger partial charge in [-0.15, -0.1) is 11.5 Å². The highest BCUT2D eigenvalue weighted by atomic mass is 28.3. The third-order valence-electron chi connectivity index (χ3n) is 8.34. The Hall–Kier alpha value is -3.98. The minimum atomic E-state index is -2.25. The van der Waals surface area contributed by atoms with Crippen LogP contribution in [0.25, 0.3) is 0 Å². The van der Waals surface area contributed by atoms with E-state index in [1.54, 1.807) is 26.0 Å². The standard InChI is InChI=1S/C32H45N3O8Si/c1-18(2)27(32(42)43-9)34-28(38)24(17-26(36)37)33-29(39)25(15-12-16-44(19(3)4,20(5)6)21(7)8)35-30(40)22-13-10-11-14-23(22)31(35)41/h10-11,13-14,18-21,24-25,27H,15,17H2,1-9H3,(H,33,39)(H,34,38)(H,36,37)/t24-,25-,27-/m0/s1. The van der Waals surface area contributed by atoms with E-state index < -0.39 is 74.1 Å². The van der Waals surface area contributed by atoms with E-state index in [-0.39, 0.29) is 34.2 Å². The first kappa shape index (κ1) is 36.2. The number of methoxy groups -OCH3 is 1. The number of carbonyl (C=O) groups excluding carboxylic acids is 5. The van der Waals surface area contributed by atoms with Crippen molar-refractivity contribution >= 4 is 43.6 Å². The Balaban J connectivity index is 2.54. The molecule has 240 valence electrons. The molecule has 2 rings (SSSR count). The van der Waals surface area contributed by atoms with Crippen molar-refractivity contribution in [2.75, 3.05) is 7.11 Å². The van der Waals surface area contributed by atoms with Crippen LogP contribution >= 0.6 is 0 Å². The molecule has 3 atom stereocenters. The zero-order valence-corrected chi connectivity index (χ0v) is 28.0. The summed E-state index contributed by atoms with van der Waals surface area (Å²) in [7, 11) is -1.09. The Labute approximate surface area is 260 Å². The van der Waals surface area contributed by atoms with Gasteiger partial charge in [0.15, 0.2) is 0 Å². The number of carboxylic acid groups (broad SMARTS) is 1. The Bertz CT molecular complexity index is 1290. The minimum Gasteiger partial charge on any atom is -0.481 e. The van der Waals surface area contributed by atoms with E-state index in [4.69, 9.17) is 4.74 Å². The molecule has 0 saturated carbocycles. The van der Waals surface area contributed by atoms with Gasteiger partial charge in [0.2, 0.25) is 11.8 Å². The first-order chi connectivity index (χ1) is 20.5. The summed E-state index contributed by atoms with van der Waals surface area (Å²) >= 11 is 0. The molecule has 11 nitrogen and oxygen atoms in total. The molecule has 4 amide bonds. The quantitative estimate of drug-likeness (QED) is 0.130. The van der Waals surface area contributed by atoms with Crippen LogP contribution in [-0.2, 0) is 23.9 Å². The molecule has 0 bridgehead atoms. The number of fused-ring (bicyclic) bond motifs is 1. The van der Waals surface area contributed by atoms with Crippen LogP contribution in [0.4, 0.5) is 0 Å². The molecule has 0 radical (unpaired) electrons. The van der Waals surface area contributed by atoms with Crippen LogP contribution in [0.15, 0.2) is 24.3 Å². The maximum absolute atomic E-state index is 13.9. The first-order valence-corrected chi connectivity index (χ1v) is 17.1. The van der Waals surface area contributed by atoms with Gasteiger partial charge in [-0.25, -0.2) is 4.79 Å². The average molecular weight is 628 g/mol. The van der Waals surface area contributed by atoms with E-state index in [1.807, 2.05) is 0 Å². The highest BCUT2D eigenvalue weighted by Crippen LogP contribution is 2.40. The number of nitrogens with one attached hydrogen (secondary N) is 2. The lowest BCUT2D eigenvalue weighted by Gasteiger charge is -2.38. The number of hydrogen-bond donors (Lipinski definition) is 3. The van der Waals surface area contributed by atoms with Gasteiger partial charge in [0.1, 0.15) is 26.2 Å². The summed E-state index contributed by atoms with van der Waals surface area (Å²) in [5.41, 5.74) is 4.62. The van der Waals surface area contributed by atoms with Crippen molar-refractivity contribution in [2.45, 2.75) is 103 Å². The predicted molar refractivity (Wildman–Crippen MR) is 167 cm³/mol. The van der Waals surface area contributed by atoms with Gasteiger partial charge >= 0.3 is 11.9 Å². The SMILES string of the molecule is COC(=O)[C@@H](NC(=O)[C@H](CC(=O)O)NC(=O)[C@H](CC#C[Si](C(C)C)(C(C)C)C(C)C)N1C(=O)c2ccccc2C1=O)C(C)C. The number of carboxylic acids is 1. The fourth-order valence-electron chi connectivity index (χ4n) is 6.06. The normalized spacial score (nSPS) is 15.1. The van der Waals surface area contributed by atoms with Crippen molar-refractivity contribution in [1.29, 1.82) is 0 Å². The lowest BCUT2D eigenvalue weighted by atomic mass is 10.0. The Morgan fingerprint density at radius 2 is 1.36 bits per heavy atom. The van der Waals surface area contributed by atoms with E-state index in [0.717, 1.165) is 12.0 Å². The van der Waals surface area contributed by atoms with Gasteiger partial charge in [0.25, 0.3) is 11.8 Å². The summed E-state index contributed by atoms with van der Waals surface area (Å²) in [6.45, 7) is 16.1. The monoisotopic (exact) mass is 627 g/mol. The number of benzene rings is 1. The van der Waals surface area contributed by atoms with Crippen molar-refractivity contribution in [2.24, 2.45) is 5.92 Å². The number of carbonyl (C=O) groups is 6. The van der Waals surface area contributed by atoms with Crippen LogP contribution in [0.2, 0.25) is 16.6 Å². The fraction of sp³-hybridized carbons (Fsp3) is 0.562. The van der Waals surface area contributed by atoms with Gasteiger partial charge in [-0.05, 0) is 34.7 Å². The lowest BCUT2D eigenvalue weighted by Crippen LogP contribution is -2.57. The molecule has 1 aromatic carbocycles. The highest BCUT2D eigenvalue weighted by Gasteiger charge is 2.45. The van der Waals surface area contributed by atoms with Gasteiger partial charge in [-0.3, -0.25) is 28.9 Å². The first-order valence-electron chi connectivity index (χ1n) is 14.9. The Kier molecular flexibility index (Phi) is 12.5. The number of nitrogens with zero attached hydrogens (tertiary/aromatic N) is 1. The summed E-state index contributed by atoms with van der Waals surface area (Å²) in [5.74, 6) is -2.60. The van der Waals surface area contributed by atoms with Gasteiger partial charge < -0.3 is 20.5 Å². The summed E-state index contributed by atoms with van der Waals surface area (Å²) in [6.07, 6.45) is -1.02. The molecule has 1 aliphatic rings. The largest absolute Gasteiger partial charge is 0.481 e. The van der Waals surface area contributed by atoms with Crippen LogP contribution in [0, 0.1) is 17.4 Å². The topological polar surface area (TPSA) is 159 Å². The van der Waals surface area contributed by atoms with Gasteiger partial charge in [0.05, 0.1) is 24.7 Å². The molecule has 1 aliphatic heterocycles. The molecular formula is C32H45N3O8Si. The Morgan fingerprint density at radius 1 is 0.864 bits per heavy atom. The molecular weight excluding hydrogens is 582 g/mol. The molecule has 3 N–H and O–H groups in total. The summed E-state index contributed by atoms with van der Waals surface area (Å²) in [4.78, 5) is 78.7. The van der Waals surface area contributed by atoms with E-state index >= 15 is 0 Å². The van der Waals surface area contributed by atoms with Crippen molar-refractivity contribution in [1.82, 2.24) is 15.5 Å². The number of aliphatic carboxylic acids is 1. The number of amides is 4. The smallest absolute Gasteiger partial charge is 0.328 e. The molecule has 0 aromatic heterocycles. The minimum absolute atomic E-state index is 0.135. The third-order valence-corrected chi connectivity index (χ3v) is 14.7. The zero-order valence-electron chi connectivity index (χ0n) is 27.0. The maximum Gasteiger partial charge on any atom is 0.328 e. The molecule has 12 heteroatoms. The van der Waals surface area contributed by atoms with E-state index in [1.165, 1.54) is 12.1 Å². The third kappa shape index (κ3) is 7.74. The molecule has 0 saturated heterocycles. The van der Waals surface area contributed by atoms with Crippen molar-refractivity contribution in [3.8, 4) is 11.5 Å². The predicted octanol–water partition coefficient (Wildman–Crippen LogP) is 3.54. The maximum atomic E-state index is 13.9. The van der Waals surface area contributed by atoms with Crippen molar-refractivity contribution in [3.05, 3.63) is 35.4 Å². The second kappa shape index (κ2) is 15.1. The Morgan fingerprint density at radius 3 is 1.77 bits per heavy atom. The molecule has 0 aliphatic carbocycles. The highest BCUT2D eigenvalue weighted by molar-refractivity contribution is 6.90. The van der Waals surface area contributed by atoms with Gasteiger partial charge in [0, 0.05) is 6.42 Å². The number of esters is 1. The molecule has 44 heavy (non-hydrogen) atoms. The molecule has 1 heterocycles. The van der Waals surface area contributed by atoms with Crippen LogP contribution < -0.4 is 10.6 Å². The number of ether oxygens (including phenoxy) is 1. The van der Waals surface area contributed by atoms with Crippen LogP contribution in [0.3, 0.4) is 0 Å². The van der Waals surface area contributed by atoms with Crippen LogP contribution in [-0.4, -0.2) is 78.9 Å². The molecule has 0 spiro atoms. The van der Waals surface area contributed by atoms with Crippen molar-refractivity contribution < 1.29 is 38.6 Å².